The molecule has 0 aromatic heterocycles. The van der Waals surface area contributed by atoms with Gasteiger partial charge < -0.3 is 9.84 Å². The molecule has 0 aliphatic heterocycles. The largest absolute Gasteiger partial charge is 0.488 e. The van der Waals surface area contributed by atoms with Crippen molar-refractivity contribution in [3.8, 4) is 5.75 Å². The maximum atomic E-state index is 13.0. The van der Waals surface area contributed by atoms with Crippen LogP contribution in [0.2, 0.25) is 0 Å². The van der Waals surface area contributed by atoms with Crippen molar-refractivity contribution < 1.29 is 23.4 Å². The minimum absolute atomic E-state index is 0.146. The number of hydrogen-bond acceptors (Lipinski definition) is 2. The molecule has 0 amide bonds. The van der Waals surface area contributed by atoms with Gasteiger partial charge in [-0.15, -0.1) is 0 Å². The third-order valence-electron chi connectivity index (χ3n) is 1.51. The van der Waals surface area contributed by atoms with Crippen molar-refractivity contribution in [2.45, 2.75) is 0 Å². The first-order valence-electron chi connectivity index (χ1n) is 3.86. The number of benzene rings is 1. The highest BCUT2D eigenvalue weighted by atomic mass is 19.1. The van der Waals surface area contributed by atoms with Crippen molar-refractivity contribution in [3.05, 3.63) is 29.6 Å². The van der Waals surface area contributed by atoms with Gasteiger partial charge in [0.2, 0.25) is 0 Å². The van der Waals surface area contributed by atoms with Gasteiger partial charge in [-0.05, 0) is 18.2 Å². The van der Waals surface area contributed by atoms with Crippen LogP contribution < -0.4 is 4.74 Å². The van der Waals surface area contributed by atoms with Crippen LogP contribution in [0.15, 0.2) is 18.2 Å². The third-order valence-corrected chi connectivity index (χ3v) is 1.51. The highest BCUT2D eigenvalue weighted by Gasteiger charge is 2.08. The van der Waals surface area contributed by atoms with E-state index >= 15 is 0 Å². The second kappa shape index (κ2) is 4.55. The predicted molar refractivity (Wildman–Crippen MR) is 44.8 cm³/mol. The van der Waals surface area contributed by atoms with E-state index in [0.717, 1.165) is 12.1 Å². The number of aromatic carboxylic acids is 1. The Balaban J connectivity index is 2.84. The Bertz CT molecular complexity index is 339. The molecule has 1 aromatic carbocycles. The molecule has 0 heterocycles. The quantitative estimate of drug-likeness (QED) is 0.810. The first-order valence-corrected chi connectivity index (χ1v) is 3.86. The lowest BCUT2D eigenvalue weighted by atomic mass is 10.2. The van der Waals surface area contributed by atoms with Gasteiger partial charge >= 0.3 is 5.97 Å². The fraction of sp³-hybridized carbons (Fsp3) is 0.222. The average Bonchev–Trinajstić information content (AvgIpc) is 2.15. The van der Waals surface area contributed by atoms with Gasteiger partial charge in [-0.1, -0.05) is 0 Å². The number of hydrogen-bond donors (Lipinski definition) is 1. The van der Waals surface area contributed by atoms with E-state index in [4.69, 9.17) is 5.11 Å². The lowest BCUT2D eigenvalue weighted by molar-refractivity contribution is 0.0696. The summed E-state index contributed by atoms with van der Waals surface area (Å²) in [6.45, 7) is -0.969. The van der Waals surface area contributed by atoms with E-state index in [2.05, 4.69) is 4.74 Å². The van der Waals surface area contributed by atoms with E-state index in [9.17, 15) is 13.6 Å². The van der Waals surface area contributed by atoms with Crippen LogP contribution in [0.25, 0.3) is 0 Å². The Morgan fingerprint density at radius 1 is 1.50 bits per heavy atom. The number of carboxylic acids is 1. The Labute approximate surface area is 78.9 Å². The Morgan fingerprint density at radius 3 is 2.71 bits per heavy atom. The van der Waals surface area contributed by atoms with Crippen LogP contribution >= 0.6 is 0 Å². The van der Waals surface area contributed by atoms with E-state index in [-0.39, 0.29) is 17.9 Å². The monoisotopic (exact) mass is 202 g/mol. The number of alkyl halides is 1. The van der Waals surface area contributed by atoms with Gasteiger partial charge in [0.05, 0.1) is 5.56 Å². The van der Waals surface area contributed by atoms with Crippen LogP contribution in [0, 0.1) is 5.82 Å². The molecule has 0 fully saturated rings. The van der Waals surface area contributed by atoms with Gasteiger partial charge in [0.25, 0.3) is 0 Å². The molecule has 0 unspecified atom stereocenters. The summed E-state index contributed by atoms with van der Waals surface area (Å²) < 4.78 is 29.4. The van der Waals surface area contributed by atoms with Gasteiger partial charge in [0.1, 0.15) is 13.3 Å². The van der Waals surface area contributed by atoms with Gasteiger partial charge in [-0.25, -0.2) is 13.6 Å². The van der Waals surface area contributed by atoms with Gasteiger partial charge in [-0.2, -0.15) is 0 Å². The average molecular weight is 202 g/mol. The Morgan fingerprint density at radius 2 is 2.21 bits per heavy atom. The van der Waals surface area contributed by atoms with E-state index in [1.54, 1.807) is 0 Å². The number of halogens is 2. The zero-order valence-electron chi connectivity index (χ0n) is 7.17. The molecule has 1 N–H and O–H groups in total. The van der Waals surface area contributed by atoms with Crippen LogP contribution in [0.3, 0.4) is 0 Å². The molecule has 0 saturated heterocycles. The Hall–Kier alpha value is -1.65. The topological polar surface area (TPSA) is 46.5 Å². The summed E-state index contributed by atoms with van der Waals surface area (Å²) >= 11 is 0. The minimum atomic E-state index is -1.22. The molecule has 0 aliphatic carbocycles. The number of rotatable bonds is 4. The van der Waals surface area contributed by atoms with Crippen LogP contribution in [-0.4, -0.2) is 24.4 Å². The molecule has 0 bridgehead atoms. The highest BCUT2D eigenvalue weighted by Crippen LogP contribution is 2.18. The maximum Gasteiger partial charge on any atom is 0.335 e. The normalized spacial score (nSPS) is 9.86. The first-order chi connectivity index (χ1) is 6.65. The second-order valence-electron chi connectivity index (χ2n) is 2.49. The van der Waals surface area contributed by atoms with Crippen LogP contribution in [0.5, 0.6) is 5.75 Å². The summed E-state index contributed by atoms with van der Waals surface area (Å²) in [7, 11) is 0. The molecular formula is C9H8F2O3. The summed E-state index contributed by atoms with van der Waals surface area (Å²) in [4.78, 5) is 10.4. The van der Waals surface area contributed by atoms with Crippen molar-refractivity contribution in [2.24, 2.45) is 0 Å². The fourth-order valence-electron chi connectivity index (χ4n) is 0.899. The van der Waals surface area contributed by atoms with Crippen LogP contribution in [0.1, 0.15) is 10.4 Å². The molecule has 3 nitrogen and oxygen atoms in total. The summed E-state index contributed by atoms with van der Waals surface area (Å²) in [6.07, 6.45) is 0. The maximum absolute atomic E-state index is 13.0. The number of carbonyl (C=O) groups is 1. The predicted octanol–water partition coefficient (Wildman–Crippen LogP) is 1.87. The molecule has 76 valence electrons. The molecule has 0 spiro atoms. The molecule has 1 rings (SSSR count). The summed E-state index contributed by atoms with van der Waals surface area (Å²) in [5.74, 6) is -2.17. The van der Waals surface area contributed by atoms with E-state index in [1.807, 2.05) is 0 Å². The number of ether oxygens (including phenoxy) is 1. The van der Waals surface area contributed by atoms with Gasteiger partial charge in [-0.3, -0.25) is 0 Å². The highest BCUT2D eigenvalue weighted by molar-refractivity contribution is 5.87. The van der Waals surface area contributed by atoms with Gasteiger partial charge in [0.15, 0.2) is 11.6 Å². The standard InChI is InChI=1S/C9H8F2O3/c10-3-4-14-8-2-1-6(9(12)13)5-7(8)11/h1-2,5H,3-4H2,(H,12,13). The smallest absolute Gasteiger partial charge is 0.335 e. The fourth-order valence-corrected chi connectivity index (χ4v) is 0.899. The lowest BCUT2D eigenvalue weighted by Gasteiger charge is -2.04. The molecule has 0 radical (unpaired) electrons. The SMILES string of the molecule is O=C(O)c1ccc(OCCF)c(F)c1. The number of carboxylic acid groups (broad SMARTS) is 1. The van der Waals surface area contributed by atoms with Crippen molar-refractivity contribution in [1.29, 1.82) is 0 Å². The zero-order valence-corrected chi connectivity index (χ0v) is 7.17. The first kappa shape index (κ1) is 10.4. The molecule has 1 aromatic rings. The van der Waals surface area contributed by atoms with E-state index in [0.29, 0.717) is 0 Å². The van der Waals surface area contributed by atoms with Crippen LogP contribution in [0.4, 0.5) is 8.78 Å². The van der Waals surface area contributed by atoms with Crippen molar-refractivity contribution in [1.82, 2.24) is 0 Å². The molecule has 5 heteroatoms. The summed E-state index contributed by atoms with van der Waals surface area (Å²) in [6, 6.07) is 3.18. The molecule has 0 atom stereocenters. The second-order valence-corrected chi connectivity index (χ2v) is 2.49. The van der Waals surface area contributed by atoms with Crippen molar-refractivity contribution in [3.63, 3.8) is 0 Å². The molecule has 0 saturated carbocycles. The molecule has 14 heavy (non-hydrogen) atoms. The van der Waals surface area contributed by atoms with E-state index in [1.165, 1.54) is 6.07 Å². The third kappa shape index (κ3) is 2.42. The van der Waals surface area contributed by atoms with Crippen molar-refractivity contribution >= 4 is 5.97 Å². The molecular weight excluding hydrogens is 194 g/mol. The van der Waals surface area contributed by atoms with Gasteiger partial charge in [0, 0.05) is 0 Å². The molecule has 0 aliphatic rings. The lowest BCUT2D eigenvalue weighted by Crippen LogP contribution is -2.02. The Kier molecular flexibility index (Phi) is 3.39. The zero-order chi connectivity index (χ0) is 10.6. The van der Waals surface area contributed by atoms with Crippen molar-refractivity contribution in [2.75, 3.05) is 13.3 Å². The summed E-state index contributed by atoms with van der Waals surface area (Å²) in [5.41, 5.74) is -0.171. The van der Waals surface area contributed by atoms with E-state index < -0.39 is 18.5 Å². The van der Waals surface area contributed by atoms with Crippen LogP contribution in [-0.2, 0) is 0 Å². The minimum Gasteiger partial charge on any atom is -0.488 e. The summed E-state index contributed by atoms with van der Waals surface area (Å²) in [5, 5.41) is 8.51.